The van der Waals surface area contributed by atoms with Gasteiger partial charge in [0.25, 0.3) is 0 Å². The SMILES string of the molecule is O=[13C](Cl)Cc1ccccc1. The highest BCUT2D eigenvalue weighted by Crippen LogP contribution is 2.00. The summed E-state index contributed by atoms with van der Waals surface area (Å²) in [6.07, 6.45) is 0.322. The fourth-order valence-corrected chi connectivity index (χ4v) is 0.911. The third-order valence-electron chi connectivity index (χ3n) is 1.19. The van der Waals surface area contributed by atoms with Crippen LogP contribution >= 0.6 is 11.6 Å². The van der Waals surface area contributed by atoms with Gasteiger partial charge in [0.2, 0.25) is 5.24 Å². The molecule has 0 unspecified atom stereocenters. The second kappa shape index (κ2) is 3.37. The van der Waals surface area contributed by atoms with E-state index in [1.807, 2.05) is 30.3 Å². The summed E-state index contributed by atoms with van der Waals surface area (Å²) in [4.78, 5) is 10.4. The first-order valence-corrected chi connectivity index (χ1v) is 3.39. The van der Waals surface area contributed by atoms with Crippen LogP contribution in [0, 0.1) is 0 Å². The molecule has 1 aromatic rings. The predicted octanol–water partition coefficient (Wildman–Crippen LogP) is 1.99. The lowest BCUT2D eigenvalue weighted by Gasteiger charge is -1.92. The van der Waals surface area contributed by atoms with Crippen molar-refractivity contribution in [1.82, 2.24) is 0 Å². The summed E-state index contributed by atoms with van der Waals surface area (Å²) in [6, 6.07) is 9.42. The number of benzene rings is 1. The monoisotopic (exact) mass is 155 g/mol. The fourth-order valence-electron chi connectivity index (χ4n) is 0.756. The number of carbonyl (C=O) groups is 1. The number of hydrogen-bond donors (Lipinski definition) is 0. The van der Waals surface area contributed by atoms with Crippen LogP contribution in [0.5, 0.6) is 0 Å². The summed E-state index contributed by atoms with van der Waals surface area (Å²) < 4.78 is 0. The number of halogens is 1. The van der Waals surface area contributed by atoms with E-state index in [9.17, 15) is 4.79 Å². The van der Waals surface area contributed by atoms with Crippen molar-refractivity contribution in [3.8, 4) is 0 Å². The molecule has 0 aliphatic rings. The molecule has 0 aliphatic heterocycles. The lowest BCUT2D eigenvalue weighted by atomic mass is 10.2. The van der Waals surface area contributed by atoms with Gasteiger partial charge >= 0.3 is 0 Å². The Morgan fingerprint density at radius 2 is 1.90 bits per heavy atom. The van der Waals surface area contributed by atoms with Crippen molar-refractivity contribution in [2.75, 3.05) is 0 Å². The van der Waals surface area contributed by atoms with Crippen LogP contribution in [-0.4, -0.2) is 5.24 Å². The van der Waals surface area contributed by atoms with Crippen molar-refractivity contribution in [1.29, 1.82) is 0 Å². The Labute approximate surface area is 64.6 Å². The highest BCUT2D eigenvalue weighted by molar-refractivity contribution is 6.63. The minimum absolute atomic E-state index is 0.314. The van der Waals surface area contributed by atoms with Gasteiger partial charge in [-0.25, -0.2) is 0 Å². The van der Waals surface area contributed by atoms with Gasteiger partial charge in [-0.2, -0.15) is 0 Å². The van der Waals surface area contributed by atoms with E-state index in [-0.39, 0.29) is 5.24 Å². The maximum atomic E-state index is 10.4. The largest absolute Gasteiger partial charge is 0.281 e. The Morgan fingerprint density at radius 3 is 2.40 bits per heavy atom. The molecule has 0 saturated carbocycles. The molecule has 0 aliphatic carbocycles. The van der Waals surface area contributed by atoms with E-state index in [4.69, 9.17) is 11.6 Å². The van der Waals surface area contributed by atoms with E-state index in [0.29, 0.717) is 6.42 Å². The third-order valence-corrected chi connectivity index (χ3v) is 1.32. The van der Waals surface area contributed by atoms with E-state index in [1.54, 1.807) is 0 Å². The molecule has 0 radical (unpaired) electrons. The van der Waals surface area contributed by atoms with Crippen LogP contribution in [0.4, 0.5) is 0 Å². The third kappa shape index (κ3) is 2.19. The van der Waals surface area contributed by atoms with Crippen molar-refractivity contribution >= 4 is 16.8 Å². The average molecular weight is 156 g/mol. The Kier molecular flexibility index (Phi) is 2.46. The standard InChI is InChI=1S/C8H7ClO/c9-8(10)6-7-4-2-1-3-5-7/h1-5H,6H2/i8+1. The van der Waals surface area contributed by atoms with Gasteiger partial charge in [0, 0.05) is 6.42 Å². The van der Waals surface area contributed by atoms with Gasteiger partial charge in [0.1, 0.15) is 0 Å². The van der Waals surface area contributed by atoms with Gasteiger partial charge in [-0.15, -0.1) is 0 Å². The van der Waals surface area contributed by atoms with Crippen molar-refractivity contribution in [2.24, 2.45) is 0 Å². The van der Waals surface area contributed by atoms with Crippen molar-refractivity contribution in [2.45, 2.75) is 6.42 Å². The molecule has 1 aromatic carbocycles. The topological polar surface area (TPSA) is 17.1 Å². The molecule has 0 heterocycles. The van der Waals surface area contributed by atoms with Crippen LogP contribution in [0.3, 0.4) is 0 Å². The first-order valence-electron chi connectivity index (χ1n) is 3.01. The van der Waals surface area contributed by atoms with Gasteiger partial charge in [0.15, 0.2) is 0 Å². The molecule has 0 amide bonds. The summed E-state index contributed by atoms with van der Waals surface area (Å²) >= 11 is 5.17. The second-order valence-electron chi connectivity index (χ2n) is 2.02. The normalized spacial score (nSPS) is 9.30. The van der Waals surface area contributed by atoms with Gasteiger partial charge in [-0.3, -0.25) is 4.79 Å². The van der Waals surface area contributed by atoms with E-state index in [1.165, 1.54) is 0 Å². The van der Waals surface area contributed by atoms with Crippen LogP contribution in [0.1, 0.15) is 5.56 Å². The average Bonchev–Trinajstić information content (AvgIpc) is 1.88. The summed E-state index contributed by atoms with van der Waals surface area (Å²) in [5.74, 6) is 0. The summed E-state index contributed by atoms with van der Waals surface area (Å²) in [5, 5.41) is -0.314. The highest BCUT2D eigenvalue weighted by atomic mass is 35.5. The van der Waals surface area contributed by atoms with Crippen LogP contribution in [0.25, 0.3) is 0 Å². The number of carbonyl (C=O) groups excluding carboxylic acids is 1. The van der Waals surface area contributed by atoms with Crippen molar-refractivity contribution in [3.05, 3.63) is 35.9 Å². The smallest absolute Gasteiger partial charge is 0.226 e. The summed E-state index contributed by atoms with van der Waals surface area (Å²) in [7, 11) is 0. The second-order valence-corrected chi connectivity index (χ2v) is 2.44. The lowest BCUT2D eigenvalue weighted by Crippen LogP contribution is -1.91. The molecule has 2 heteroatoms. The molecule has 1 rings (SSSR count). The molecule has 0 atom stereocenters. The zero-order chi connectivity index (χ0) is 7.40. The minimum atomic E-state index is -0.314. The molecule has 0 fully saturated rings. The molecule has 0 saturated heterocycles. The van der Waals surface area contributed by atoms with E-state index >= 15 is 0 Å². The zero-order valence-electron chi connectivity index (χ0n) is 5.38. The molecule has 52 valence electrons. The molecule has 10 heavy (non-hydrogen) atoms. The molecular weight excluding hydrogens is 149 g/mol. The van der Waals surface area contributed by atoms with E-state index in [0.717, 1.165) is 5.56 Å². The molecule has 1 nitrogen and oxygen atoms in total. The molecule has 0 spiro atoms. The Hall–Kier alpha value is -0.820. The fraction of sp³-hybridized carbons (Fsp3) is 0.125. The van der Waals surface area contributed by atoms with Crippen molar-refractivity contribution in [3.63, 3.8) is 0 Å². The van der Waals surface area contributed by atoms with E-state index in [2.05, 4.69) is 0 Å². The molecule has 0 aromatic heterocycles. The minimum Gasteiger partial charge on any atom is -0.281 e. The number of hydrogen-bond acceptors (Lipinski definition) is 1. The lowest BCUT2D eigenvalue weighted by molar-refractivity contribution is -0.111. The van der Waals surface area contributed by atoms with Gasteiger partial charge in [-0.05, 0) is 17.2 Å². The summed E-state index contributed by atoms with van der Waals surface area (Å²) in [5.41, 5.74) is 0.961. The quantitative estimate of drug-likeness (QED) is 0.472. The maximum absolute atomic E-state index is 10.4. The van der Waals surface area contributed by atoms with Gasteiger partial charge in [-0.1, -0.05) is 30.3 Å². The Morgan fingerprint density at radius 1 is 1.30 bits per heavy atom. The van der Waals surface area contributed by atoms with E-state index < -0.39 is 0 Å². The Balaban J connectivity index is 2.67. The zero-order valence-corrected chi connectivity index (χ0v) is 6.14. The van der Waals surface area contributed by atoms with Crippen LogP contribution in [-0.2, 0) is 11.2 Å². The predicted molar refractivity (Wildman–Crippen MR) is 41.0 cm³/mol. The van der Waals surface area contributed by atoms with Gasteiger partial charge < -0.3 is 0 Å². The molecular formula is C8H7ClO. The molecule has 0 bridgehead atoms. The highest BCUT2D eigenvalue weighted by Gasteiger charge is 1.95. The van der Waals surface area contributed by atoms with Crippen LogP contribution in [0.15, 0.2) is 30.3 Å². The van der Waals surface area contributed by atoms with Gasteiger partial charge in [0.05, 0.1) is 0 Å². The van der Waals surface area contributed by atoms with Crippen LogP contribution in [0.2, 0.25) is 0 Å². The Bertz CT molecular complexity index is 218. The molecule has 0 N–H and O–H groups in total. The maximum Gasteiger partial charge on any atom is 0.226 e. The first-order chi connectivity index (χ1) is 4.79. The summed E-state index contributed by atoms with van der Waals surface area (Å²) in [6.45, 7) is 0. The number of rotatable bonds is 2. The van der Waals surface area contributed by atoms with Crippen molar-refractivity contribution < 1.29 is 4.79 Å². The van der Waals surface area contributed by atoms with Crippen LogP contribution < -0.4 is 0 Å². The first kappa shape index (κ1) is 7.29.